The largest absolute Gasteiger partial charge is 0.484 e. The number of ether oxygens (including phenoxy) is 1. The highest BCUT2D eigenvalue weighted by Gasteiger charge is 2.28. The lowest BCUT2D eigenvalue weighted by Gasteiger charge is -2.08. The number of alkyl halides is 4. The summed E-state index contributed by atoms with van der Waals surface area (Å²) in [6, 6.07) is 6.22. The predicted molar refractivity (Wildman–Crippen MR) is 63.3 cm³/mol. The molecule has 0 N–H and O–H groups in total. The van der Waals surface area contributed by atoms with Crippen molar-refractivity contribution in [2.75, 3.05) is 11.9 Å². The minimum absolute atomic E-state index is 0.188. The van der Waals surface area contributed by atoms with Crippen LogP contribution in [0, 0.1) is 11.8 Å². The number of halogens is 4. The summed E-state index contributed by atoms with van der Waals surface area (Å²) >= 11 is 3.24. The van der Waals surface area contributed by atoms with Gasteiger partial charge in [-0.1, -0.05) is 27.8 Å². The molecule has 1 aromatic rings. The van der Waals surface area contributed by atoms with Gasteiger partial charge in [0.1, 0.15) is 5.75 Å². The molecule has 0 amide bonds. The van der Waals surface area contributed by atoms with Crippen LogP contribution >= 0.6 is 15.9 Å². The van der Waals surface area contributed by atoms with Gasteiger partial charge >= 0.3 is 6.18 Å². The summed E-state index contributed by atoms with van der Waals surface area (Å²) in [5, 5.41) is 0.798. The summed E-state index contributed by atoms with van der Waals surface area (Å²) in [7, 11) is 0. The van der Waals surface area contributed by atoms with Gasteiger partial charge in [0.25, 0.3) is 0 Å². The Morgan fingerprint density at radius 3 is 2.35 bits per heavy atom. The van der Waals surface area contributed by atoms with E-state index < -0.39 is 12.8 Å². The summed E-state index contributed by atoms with van der Waals surface area (Å²) in [6.45, 7) is -1.28. The zero-order chi connectivity index (χ0) is 12.7. The fourth-order valence-electron chi connectivity index (χ4n) is 1.01. The Balaban J connectivity index is 2.54. The molecule has 0 unspecified atom stereocenters. The molecular weight excluding hydrogens is 297 g/mol. The van der Waals surface area contributed by atoms with Gasteiger partial charge in [-0.2, -0.15) is 13.2 Å². The van der Waals surface area contributed by atoms with Crippen LogP contribution < -0.4 is 4.74 Å². The highest BCUT2D eigenvalue weighted by atomic mass is 79.9. The third-order valence-electron chi connectivity index (χ3n) is 1.71. The molecule has 0 fully saturated rings. The van der Waals surface area contributed by atoms with Gasteiger partial charge in [-0.15, -0.1) is 0 Å². The van der Waals surface area contributed by atoms with Crippen molar-refractivity contribution >= 4 is 15.9 Å². The minimum Gasteiger partial charge on any atom is -0.484 e. The first-order valence-electron chi connectivity index (χ1n) is 4.86. The Morgan fingerprint density at radius 1 is 1.18 bits per heavy atom. The molecule has 0 heterocycles. The van der Waals surface area contributed by atoms with Gasteiger partial charge in [-0.3, -0.25) is 0 Å². The molecule has 0 atom stereocenters. The quantitative estimate of drug-likeness (QED) is 0.610. The summed E-state index contributed by atoms with van der Waals surface area (Å²) in [4.78, 5) is 0. The van der Waals surface area contributed by atoms with Crippen molar-refractivity contribution in [3.8, 4) is 17.6 Å². The first kappa shape index (κ1) is 13.9. The van der Waals surface area contributed by atoms with Crippen LogP contribution in [0.25, 0.3) is 0 Å². The van der Waals surface area contributed by atoms with E-state index in [1.807, 2.05) is 0 Å². The van der Waals surface area contributed by atoms with Gasteiger partial charge < -0.3 is 4.74 Å². The fraction of sp³-hybridized carbons (Fsp3) is 0.333. The van der Waals surface area contributed by atoms with E-state index >= 15 is 0 Å². The van der Waals surface area contributed by atoms with Gasteiger partial charge in [0, 0.05) is 17.3 Å². The molecule has 0 aliphatic rings. The van der Waals surface area contributed by atoms with Crippen LogP contribution in [0.1, 0.15) is 12.0 Å². The second-order valence-corrected chi connectivity index (χ2v) is 3.96. The van der Waals surface area contributed by atoms with E-state index in [0.29, 0.717) is 0 Å². The maximum atomic E-state index is 11.9. The maximum Gasteiger partial charge on any atom is 0.422 e. The van der Waals surface area contributed by atoms with E-state index in [4.69, 9.17) is 0 Å². The zero-order valence-corrected chi connectivity index (χ0v) is 10.4. The predicted octanol–water partition coefficient (Wildman–Crippen LogP) is 3.76. The van der Waals surface area contributed by atoms with Crippen molar-refractivity contribution in [1.29, 1.82) is 0 Å². The molecule has 0 saturated heterocycles. The van der Waals surface area contributed by atoms with E-state index in [1.54, 1.807) is 12.1 Å². The van der Waals surface area contributed by atoms with Crippen LogP contribution in [0.5, 0.6) is 5.75 Å². The topological polar surface area (TPSA) is 9.23 Å². The standard InChI is InChI=1S/C12H10BrF3O/c13-8-2-1-3-10-4-6-11(7-5-10)17-9-12(14,15)16/h4-7H,2,8-9H2. The van der Waals surface area contributed by atoms with Crippen molar-refractivity contribution < 1.29 is 17.9 Å². The molecule has 0 aliphatic carbocycles. The van der Waals surface area contributed by atoms with Crippen LogP contribution in [0.3, 0.4) is 0 Å². The van der Waals surface area contributed by atoms with Crippen molar-refractivity contribution in [3.63, 3.8) is 0 Å². The number of hydrogen-bond donors (Lipinski definition) is 0. The second-order valence-electron chi connectivity index (χ2n) is 3.17. The number of hydrogen-bond acceptors (Lipinski definition) is 1. The number of benzene rings is 1. The SMILES string of the molecule is FC(F)(F)COc1ccc(C#CCCBr)cc1. The van der Waals surface area contributed by atoms with E-state index in [2.05, 4.69) is 32.5 Å². The Hall–Kier alpha value is -1.15. The smallest absolute Gasteiger partial charge is 0.422 e. The zero-order valence-electron chi connectivity index (χ0n) is 8.85. The fourth-order valence-corrected chi connectivity index (χ4v) is 1.21. The van der Waals surface area contributed by atoms with Gasteiger partial charge in [0.2, 0.25) is 0 Å². The van der Waals surface area contributed by atoms with E-state index in [0.717, 1.165) is 17.3 Å². The maximum absolute atomic E-state index is 11.9. The number of rotatable bonds is 3. The normalized spacial score (nSPS) is 10.6. The first-order valence-corrected chi connectivity index (χ1v) is 5.98. The van der Waals surface area contributed by atoms with Crippen LogP contribution in [-0.4, -0.2) is 18.1 Å². The van der Waals surface area contributed by atoms with E-state index in [1.165, 1.54) is 12.1 Å². The lowest BCUT2D eigenvalue weighted by Crippen LogP contribution is -2.19. The van der Waals surface area contributed by atoms with Crippen molar-refractivity contribution in [2.24, 2.45) is 0 Å². The van der Waals surface area contributed by atoms with Crippen LogP contribution in [0.15, 0.2) is 24.3 Å². The monoisotopic (exact) mass is 306 g/mol. The summed E-state index contributed by atoms with van der Waals surface area (Å²) in [5.41, 5.74) is 0.755. The molecule has 0 bridgehead atoms. The Morgan fingerprint density at radius 2 is 1.82 bits per heavy atom. The van der Waals surface area contributed by atoms with Crippen LogP contribution in [0.4, 0.5) is 13.2 Å². The molecule has 17 heavy (non-hydrogen) atoms. The lowest BCUT2D eigenvalue weighted by atomic mass is 10.2. The summed E-state index contributed by atoms with van der Waals surface area (Å²) in [5.74, 6) is 5.99. The molecule has 1 rings (SSSR count). The highest BCUT2D eigenvalue weighted by Crippen LogP contribution is 2.18. The third-order valence-corrected chi connectivity index (χ3v) is 2.11. The van der Waals surface area contributed by atoms with E-state index in [9.17, 15) is 13.2 Å². The average Bonchev–Trinajstić information content (AvgIpc) is 2.27. The van der Waals surface area contributed by atoms with E-state index in [-0.39, 0.29) is 5.75 Å². The molecule has 0 aromatic heterocycles. The molecule has 0 aliphatic heterocycles. The lowest BCUT2D eigenvalue weighted by molar-refractivity contribution is -0.153. The molecule has 92 valence electrons. The van der Waals surface area contributed by atoms with Crippen molar-refractivity contribution in [1.82, 2.24) is 0 Å². The van der Waals surface area contributed by atoms with Crippen molar-refractivity contribution in [3.05, 3.63) is 29.8 Å². The van der Waals surface area contributed by atoms with Gasteiger partial charge in [-0.05, 0) is 24.3 Å². The van der Waals surface area contributed by atoms with Crippen LogP contribution in [0.2, 0.25) is 0 Å². The van der Waals surface area contributed by atoms with Gasteiger partial charge in [0.05, 0.1) is 0 Å². The molecule has 1 nitrogen and oxygen atoms in total. The Bertz CT molecular complexity index is 400. The van der Waals surface area contributed by atoms with Crippen LogP contribution in [-0.2, 0) is 0 Å². The van der Waals surface area contributed by atoms with Crippen molar-refractivity contribution in [2.45, 2.75) is 12.6 Å². The molecule has 5 heteroatoms. The molecular formula is C12H10BrF3O. The summed E-state index contributed by atoms with van der Waals surface area (Å²) < 4.78 is 40.2. The summed E-state index contributed by atoms with van der Waals surface area (Å²) in [6.07, 6.45) is -3.58. The Labute approximate surface area is 106 Å². The molecule has 1 aromatic carbocycles. The van der Waals surface area contributed by atoms with Gasteiger partial charge in [-0.25, -0.2) is 0 Å². The highest BCUT2D eigenvalue weighted by molar-refractivity contribution is 9.09. The van der Waals surface area contributed by atoms with Gasteiger partial charge in [0.15, 0.2) is 6.61 Å². The third kappa shape index (κ3) is 6.22. The Kier molecular flexibility index (Phi) is 5.36. The molecule has 0 spiro atoms. The molecule has 0 saturated carbocycles. The second kappa shape index (κ2) is 6.55. The average molecular weight is 307 g/mol. The first-order chi connectivity index (χ1) is 8.01. The minimum atomic E-state index is -4.31. The molecule has 0 radical (unpaired) electrons.